The molecule has 0 aromatic heterocycles. The Morgan fingerprint density at radius 1 is 1.04 bits per heavy atom. The number of hydrazine groups is 1. The Morgan fingerprint density at radius 3 is 2.25 bits per heavy atom. The van der Waals surface area contributed by atoms with Crippen molar-refractivity contribution in [3.8, 4) is 0 Å². The Balaban J connectivity index is 1.95. The lowest BCUT2D eigenvalue weighted by Crippen LogP contribution is -2.45. The van der Waals surface area contributed by atoms with Crippen molar-refractivity contribution in [3.05, 3.63) is 34.9 Å². The number of carboxylic acid groups (broad SMARTS) is 1. The number of carboxylic acids is 1. The smallest absolute Gasteiger partial charge is 0.310 e. The number of hydrogen-bond acceptors (Lipinski definition) is 3. The average Bonchev–Trinajstić information content (AvgIpc) is 2.79. The van der Waals surface area contributed by atoms with E-state index in [1.54, 1.807) is 18.2 Å². The van der Waals surface area contributed by atoms with Gasteiger partial charge in [0.1, 0.15) is 0 Å². The second-order valence-electron chi connectivity index (χ2n) is 6.16. The van der Waals surface area contributed by atoms with Gasteiger partial charge in [-0.05, 0) is 25.0 Å². The van der Waals surface area contributed by atoms with Crippen molar-refractivity contribution < 1.29 is 19.5 Å². The molecule has 0 saturated heterocycles. The molecule has 0 radical (unpaired) electrons. The molecule has 0 unspecified atom stereocenters. The minimum atomic E-state index is -1.05. The number of amides is 2. The Labute approximate surface area is 145 Å². The molecule has 0 bridgehead atoms. The van der Waals surface area contributed by atoms with Gasteiger partial charge in [0, 0.05) is 6.42 Å². The first-order valence-corrected chi connectivity index (χ1v) is 8.39. The second-order valence-corrected chi connectivity index (χ2v) is 6.57. The maximum atomic E-state index is 12.1. The molecule has 1 aliphatic rings. The molecule has 7 heteroatoms. The number of halogens is 1. The third-order valence-electron chi connectivity index (χ3n) is 4.45. The van der Waals surface area contributed by atoms with E-state index in [2.05, 4.69) is 10.9 Å². The van der Waals surface area contributed by atoms with Crippen molar-refractivity contribution in [3.63, 3.8) is 0 Å². The summed E-state index contributed by atoms with van der Waals surface area (Å²) in [6, 6.07) is 6.46. The molecular weight excluding hydrogens is 332 g/mol. The van der Waals surface area contributed by atoms with Crippen LogP contribution in [0.2, 0.25) is 5.02 Å². The normalized spacial score (nSPS) is 16.7. The van der Waals surface area contributed by atoms with E-state index in [-0.39, 0.29) is 17.0 Å². The number of benzene rings is 1. The van der Waals surface area contributed by atoms with E-state index in [0.29, 0.717) is 12.8 Å². The Morgan fingerprint density at radius 2 is 1.67 bits per heavy atom. The first kappa shape index (κ1) is 18.3. The van der Waals surface area contributed by atoms with Gasteiger partial charge >= 0.3 is 5.97 Å². The summed E-state index contributed by atoms with van der Waals surface area (Å²) in [5, 5.41) is 9.84. The summed E-state index contributed by atoms with van der Waals surface area (Å²) in [6.07, 6.45) is 4.38. The molecule has 24 heavy (non-hydrogen) atoms. The van der Waals surface area contributed by atoms with Gasteiger partial charge in [0.2, 0.25) is 5.91 Å². The topological polar surface area (TPSA) is 95.5 Å². The van der Waals surface area contributed by atoms with Crippen LogP contribution in [0.4, 0.5) is 0 Å². The van der Waals surface area contributed by atoms with E-state index in [0.717, 1.165) is 25.7 Å². The molecule has 0 aliphatic heterocycles. The molecule has 0 heterocycles. The molecule has 130 valence electrons. The molecule has 1 aliphatic carbocycles. The summed E-state index contributed by atoms with van der Waals surface area (Å²) in [7, 11) is 0. The lowest BCUT2D eigenvalue weighted by atomic mass is 9.77. The number of carbonyl (C=O) groups is 3. The van der Waals surface area contributed by atoms with Gasteiger partial charge in [0.25, 0.3) is 5.91 Å². The first-order chi connectivity index (χ1) is 11.4. The highest BCUT2D eigenvalue weighted by molar-refractivity contribution is 6.33. The van der Waals surface area contributed by atoms with Crippen molar-refractivity contribution in [1.29, 1.82) is 0 Å². The Hall–Kier alpha value is -2.08. The molecule has 0 atom stereocenters. The fourth-order valence-corrected chi connectivity index (χ4v) is 3.28. The van der Waals surface area contributed by atoms with Crippen molar-refractivity contribution in [2.24, 2.45) is 5.41 Å². The lowest BCUT2D eigenvalue weighted by molar-refractivity contribution is -0.153. The van der Waals surface area contributed by atoms with Crippen LogP contribution in [0.25, 0.3) is 0 Å². The number of nitrogens with one attached hydrogen (secondary N) is 2. The summed E-state index contributed by atoms with van der Waals surface area (Å²) in [4.78, 5) is 35.8. The summed E-state index contributed by atoms with van der Waals surface area (Å²) < 4.78 is 0. The molecule has 1 aromatic carbocycles. The zero-order chi connectivity index (χ0) is 17.6. The molecular formula is C17H21ClN2O4. The summed E-state index contributed by atoms with van der Waals surface area (Å²) in [6.45, 7) is 0. The van der Waals surface area contributed by atoms with Gasteiger partial charge in [-0.15, -0.1) is 0 Å². The van der Waals surface area contributed by atoms with Gasteiger partial charge in [-0.3, -0.25) is 25.2 Å². The molecule has 2 amide bonds. The highest BCUT2D eigenvalue weighted by Crippen LogP contribution is 2.38. The summed E-state index contributed by atoms with van der Waals surface area (Å²) >= 11 is 5.92. The van der Waals surface area contributed by atoms with Crippen LogP contribution in [-0.2, 0) is 9.59 Å². The lowest BCUT2D eigenvalue weighted by Gasteiger charge is -2.27. The number of aliphatic carboxylic acids is 1. The predicted molar refractivity (Wildman–Crippen MR) is 89.4 cm³/mol. The maximum absolute atomic E-state index is 12.1. The second kappa shape index (κ2) is 8.15. The van der Waals surface area contributed by atoms with Gasteiger partial charge in [0.05, 0.1) is 16.0 Å². The monoisotopic (exact) mass is 352 g/mol. The first-order valence-electron chi connectivity index (χ1n) is 8.02. The van der Waals surface area contributed by atoms with Gasteiger partial charge in [-0.25, -0.2) is 0 Å². The van der Waals surface area contributed by atoms with Crippen LogP contribution in [0.3, 0.4) is 0 Å². The van der Waals surface area contributed by atoms with E-state index in [1.807, 2.05) is 0 Å². The van der Waals surface area contributed by atoms with Crippen LogP contribution in [-0.4, -0.2) is 22.9 Å². The van der Waals surface area contributed by atoms with Crippen LogP contribution in [0.15, 0.2) is 24.3 Å². The maximum Gasteiger partial charge on any atom is 0.310 e. The van der Waals surface area contributed by atoms with E-state index in [9.17, 15) is 19.5 Å². The van der Waals surface area contributed by atoms with E-state index < -0.39 is 23.2 Å². The minimum Gasteiger partial charge on any atom is -0.481 e. The van der Waals surface area contributed by atoms with Crippen LogP contribution in [0.5, 0.6) is 0 Å². The minimum absolute atomic E-state index is 0.148. The molecule has 1 aromatic rings. The molecule has 6 nitrogen and oxygen atoms in total. The van der Waals surface area contributed by atoms with E-state index in [1.165, 1.54) is 6.07 Å². The molecule has 2 rings (SSSR count). The third-order valence-corrected chi connectivity index (χ3v) is 4.78. The fraction of sp³-hybridized carbons (Fsp3) is 0.471. The molecule has 3 N–H and O–H groups in total. The Bertz CT molecular complexity index is 625. The number of hydrogen-bond donors (Lipinski definition) is 3. The van der Waals surface area contributed by atoms with Crippen LogP contribution < -0.4 is 10.9 Å². The van der Waals surface area contributed by atoms with Crippen molar-refractivity contribution in [1.82, 2.24) is 10.9 Å². The molecule has 1 fully saturated rings. The van der Waals surface area contributed by atoms with Gasteiger partial charge in [-0.1, -0.05) is 49.4 Å². The van der Waals surface area contributed by atoms with Crippen LogP contribution >= 0.6 is 11.6 Å². The van der Waals surface area contributed by atoms with Gasteiger partial charge in [-0.2, -0.15) is 0 Å². The fourth-order valence-electron chi connectivity index (χ4n) is 3.06. The van der Waals surface area contributed by atoms with Gasteiger partial charge in [0.15, 0.2) is 0 Å². The zero-order valence-electron chi connectivity index (χ0n) is 13.3. The Kier molecular flexibility index (Phi) is 6.20. The predicted octanol–water partition coefficient (Wildman–Crippen LogP) is 2.92. The van der Waals surface area contributed by atoms with E-state index >= 15 is 0 Å². The van der Waals surface area contributed by atoms with Crippen molar-refractivity contribution >= 4 is 29.4 Å². The molecule has 1 saturated carbocycles. The quantitative estimate of drug-likeness (QED) is 0.573. The van der Waals surface area contributed by atoms with Crippen molar-refractivity contribution in [2.45, 2.75) is 44.9 Å². The number of carbonyl (C=O) groups excluding carboxylic acids is 2. The van der Waals surface area contributed by atoms with Crippen molar-refractivity contribution in [2.75, 3.05) is 0 Å². The molecule has 0 spiro atoms. The number of rotatable bonds is 4. The van der Waals surface area contributed by atoms with Crippen LogP contribution in [0.1, 0.15) is 55.3 Å². The third kappa shape index (κ3) is 4.47. The largest absolute Gasteiger partial charge is 0.481 e. The standard InChI is InChI=1S/C17H21ClN2O4/c18-13-8-4-3-7-12(13)15(22)20-19-14(21)11-17(16(23)24)9-5-1-2-6-10-17/h3-4,7-8H,1-2,5-6,9-11H2,(H,19,21)(H,20,22)(H,23,24). The summed E-state index contributed by atoms with van der Waals surface area (Å²) in [5.41, 5.74) is 3.77. The zero-order valence-corrected chi connectivity index (χ0v) is 14.1. The van der Waals surface area contributed by atoms with E-state index in [4.69, 9.17) is 11.6 Å². The highest BCUT2D eigenvalue weighted by Gasteiger charge is 2.40. The average molecular weight is 353 g/mol. The van der Waals surface area contributed by atoms with Crippen LogP contribution in [0, 0.1) is 5.41 Å². The SMILES string of the molecule is O=C(CC1(C(=O)O)CCCCCC1)NNC(=O)c1ccccc1Cl. The van der Waals surface area contributed by atoms with Gasteiger partial charge < -0.3 is 5.11 Å². The highest BCUT2D eigenvalue weighted by atomic mass is 35.5. The summed E-state index contributed by atoms with van der Waals surface area (Å²) in [5.74, 6) is -2.00.